The van der Waals surface area contributed by atoms with Crippen LogP contribution in [-0.4, -0.2) is 57.3 Å². The number of hydrogen-bond acceptors (Lipinski definition) is 8. The van der Waals surface area contributed by atoms with E-state index in [0.29, 0.717) is 0 Å². The van der Waals surface area contributed by atoms with E-state index in [1.54, 1.807) is 0 Å². The first-order valence-electron chi connectivity index (χ1n) is 11.9. The van der Waals surface area contributed by atoms with Gasteiger partial charge in [0.1, 0.15) is 0 Å². The second-order valence-electron chi connectivity index (χ2n) is 8.62. The summed E-state index contributed by atoms with van der Waals surface area (Å²) in [5, 5.41) is 20.2. The fourth-order valence-electron chi connectivity index (χ4n) is 3.74. The molecule has 0 aromatic heterocycles. The number of hydrogen-bond donors (Lipinski definition) is 3. The number of Topliss-reactive ketones (excluding diaryl/α,β-unsaturated/α-hetero) is 2. The number of nitrogens with one attached hydrogen (secondary N) is 1. The van der Waals surface area contributed by atoms with Crippen molar-refractivity contribution < 1.29 is 56.4 Å². The van der Waals surface area contributed by atoms with Gasteiger partial charge in [-0.25, -0.2) is 4.79 Å². The van der Waals surface area contributed by atoms with Crippen molar-refractivity contribution in [2.75, 3.05) is 6.54 Å². The van der Waals surface area contributed by atoms with E-state index in [1.165, 1.54) is 54.6 Å². The number of aliphatic carboxylic acids is 1. The van der Waals surface area contributed by atoms with Crippen molar-refractivity contribution in [1.82, 2.24) is 10.8 Å². The number of carbonyl (C=O) groups is 4. The molecule has 0 saturated carbocycles. The Hall–Kier alpha value is -4.34. The van der Waals surface area contributed by atoms with Gasteiger partial charge in [-0.1, -0.05) is 45.4 Å². The number of carbonyl (C=O) groups excluding carboxylic acids is 3. The maximum absolute atomic E-state index is 13.5. The number of carboxylic acids is 1. The summed E-state index contributed by atoms with van der Waals surface area (Å²) >= 11 is -0.407. The number of amides is 1. The van der Waals surface area contributed by atoms with Gasteiger partial charge in [-0.15, -0.1) is 0 Å². The lowest BCUT2D eigenvalue weighted by atomic mass is 9.85. The Bertz CT molecular complexity index is 1430. The van der Waals surface area contributed by atoms with E-state index in [9.17, 15) is 46.4 Å². The third-order valence-corrected chi connectivity index (χ3v) is 6.45. The highest BCUT2D eigenvalue weighted by molar-refractivity contribution is 8.00. The van der Waals surface area contributed by atoms with Crippen LogP contribution in [-0.2, 0) is 4.79 Å². The minimum Gasteiger partial charge on any atom is -0.479 e. The Morgan fingerprint density at radius 2 is 1.52 bits per heavy atom. The largest absolute Gasteiger partial charge is 0.479 e. The summed E-state index contributed by atoms with van der Waals surface area (Å²) in [4.78, 5) is 53.5. The molecule has 0 fully saturated rings. The molecule has 0 bridgehead atoms. The van der Waals surface area contributed by atoms with E-state index in [1.807, 2.05) is 0 Å². The number of alkyl halides is 3. The minimum absolute atomic E-state index is 0.0271. The van der Waals surface area contributed by atoms with Gasteiger partial charge in [0.25, 0.3) is 5.91 Å². The molecule has 0 radical (unpaired) electrons. The van der Waals surface area contributed by atoms with Gasteiger partial charge in [0.15, 0.2) is 23.4 Å². The summed E-state index contributed by atoms with van der Waals surface area (Å²) in [7, 11) is 0. The topological polar surface area (TPSA) is 133 Å². The molecule has 15 heteroatoms. The molecular formula is C27H21F5N2O7S. The van der Waals surface area contributed by atoms with Crippen LogP contribution in [0.25, 0.3) is 0 Å². The molecule has 2 unspecified atom stereocenters. The molecule has 42 heavy (non-hydrogen) atoms. The van der Waals surface area contributed by atoms with Gasteiger partial charge >= 0.3 is 11.5 Å². The predicted octanol–water partition coefficient (Wildman–Crippen LogP) is 5.08. The lowest BCUT2D eigenvalue weighted by Crippen LogP contribution is -2.36. The Kier molecular flexibility index (Phi) is 10.7. The molecule has 0 heterocycles. The standard InChI is InChI=1S/C27H21F5N2O7S/c28-27(29,30)42-20-3-1-2-18(12-20)22(35)13-21(15-8-10-19(11-9-15)41-34(31)32)24(37)16-4-6-17(7-5-16)25(38)33-14-23(36)26(39)40/h1-12,21,23,36H,13-14H2,(H,33,38)(H,39,40). The van der Waals surface area contributed by atoms with Crippen LogP contribution in [0.1, 0.15) is 49.0 Å². The first kappa shape index (κ1) is 32.2. The Morgan fingerprint density at radius 1 is 0.905 bits per heavy atom. The zero-order chi connectivity index (χ0) is 31.0. The van der Waals surface area contributed by atoms with Crippen LogP contribution in [0.5, 0.6) is 5.75 Å². The molecule has 3 rings (SSSR count). The number of nitrogens with zero attached hydrogens (tertiary/aromatic N) is 1. The van der Waals surface area contributed by atoms with Crippen LogP contribution in [0.3, 0.4) is 0 Å². The second-order valence-corrected chi connectivity index (χ2v) is 9.76. The van der Waals surface area contributed by atoms with Crippen molar-refractivity contribution >= 4 is 35.2 Å². The van der Waals surface area contributed by atoms with Crippen molar-refractivity contribution in [2.45, 2.75) is 28.8 Å². The van der Waals surface area contributed by atoms with E-state index in [2.05, 4.69) is 10.2 Å². The van der Waals surface area contributed by atoms with Gasteiger partial charge in [0.2, 0.25) is 5.51 Å². The molecule has 2 atom stereocenters. The number of rotatable bonds is 13. The Morgan fingerprint density at radius 3 is 2.10 bits per heavy atom. The molecule has 1 amide bonds. The average molecular weight is 613 g/mol. The molecule has 0 aliphatic carbocycles. The molecule has 3 N–H and O–H groups in total. The number of benzene rings is 3. The summed E-state index contributed by atoms with van der Waals surface area (Å²) in [6, 6.07) is 14.6. The molecule has 3 aromatic carbocycles. The summed E-state index contributed by atoms with van der Waals surface area (Å²) < 4.78 is 63.3. The normalized spacial score (nSPS) is 12.8. The highest BCUT2D eigenvalue weighted by Gasteiger charge is 2.30. The number of halogens is 5. The van der Waals surface area contributed by atoms with E-state index in [4.69, 9.17) is 5.11 Å². The van der Waals surface area contributed by atoms with Gasteiger partial charge in [-0.05, 0) is 53.7 Å². The Balaban J connectivity index is 1.86. The molecular weight excluding hydrogens is 591 g/mol. The molecule has 0 spiro atoms. The maximum atomic E-state index is 13.5. The molecule has 3 aromatic rings. The van der Waals surface area contributed by atoms with E-state index in [0.717, 1.165) is 18.2 Å². The maximum Gasteiger partial charge on any atom is 0.446 e. The number of thioether (sulfide) groups is 1. The third kappa shape index (κ3) is 9.36. The van der Waals surface area contributed by atoms with Crippen molar-refractivity contribution in [1.29, 1.82) is 0 Å². The van der Waals surface area contributed by atoms with Crippen molar-refractivity contribution in [3.63, 3.8) is 0 Å². The number of ketones is 2. The van der Waals surface area contributed by atoms with Gasteiger partial charge in [0.05, 0.1) is 12.5 Å². The van der Waals surface area contributed by atoms with Crippen LogP contribution in [0.4, 0.5) is 22.1 Å². The smallest absolute Gasteiger partial charge is 0.446 e. The lowest BCUT2D eigenvalue weighted by molar-refractivity contribution is -0.337. The average Bonchev–Trinajstić information content (AvgIpc) is 2.93. The number of carboxylic acid groups (broad SMARTS) is 1. The quantitative estimate of drug-likeness (QED) is 0.0795. The monoisotopic (exact) mass is 612 g/mol. The van der Waals surface area contributed by atoms with Crippen LogP contribution >= 0.6 is 11.8 Å². The van der Waals surface area contributed by atoms with E-state index in [-0.39, 0.29) is 32.9 Å². The van der Waals surface area contributed by atoms with Crippen molar-refractivity contribution in [2.24, 2.45) is 0 Å². The first-order chi connectivity index (χ1) is 19.7. The van der Waals surface area contributed by atoms with Gasteiger partial charge < -0.3 is 20.4 Å². The van der Waals surface area contributed by atoms with E-state index >= 15 is 0 Å². The molecule has 0 saturated heterocycles. The fraction of sp³-hybridized carbons (Fsp3) is 0.185. The zero-order valence-corrected chi connectivity index (χ0v) is 22.0. The minimum atomic E-state index is -4.59. The SMILES string of the molecule is O=C(CC(C(=O)c1ccc(C(=O)NCC(O)C(=O)O)cc1)c1ccc(ON(F)F)cc1)c1cccc(SC(F)(F)F)c1. The molecule has 0 aliphatic rings. The van der Waals surface area contributed by atoms with Gasteiger partial charge in [-0.2, -0.15) is 13.2 Å². The van der Waals surface area contributed by atoms with Crippen molar-refractivity contribution in [3.8, 4) is 5.75 Å². The van der Waals surface area contributed by atoms with Crippen LogP contribution in [0.2, 0.25) is 0 Å². The summed E-state index contributed by atoms with van der Waals surface area (Å²) in [6.45, 7) is -0.565. The molecule has 222 valence electrons. The van der Waals surface area contributed by atoms with E-state index < -0.39 is 71.2 Å². The second kappa shape index (κ2) is 14.0. The number of aliphatic hydroxyl groups is 1. The van der Waals surface area contributed by atoms with Crippen LogP contribution < -0.4 is 10.2 Å². The van der Waals surface area contributed by atoms with Gasteiger partial charge in [0, 0.05) is 28.0 Å². The van der Waals surface area contributed by atoms with Crippen LogP contribution in [0.15, 0.2) is 77.7 Å². The fourth-order valence-corrected chi connectivity index (χ4v) is 4.34. The van der Waals surface area contributed by atoms with Crippen LogP contribution in [0, 0.1) is 0 Å². The predicted molar refractivity (Wildman–Crippen MR) is 138 cm³/mol. The lowest BCUT2D eigenvalue weighted by Gasteiger charge is -2.17. The van der Waals surface area contributed by atoms with Crippen molar-refractivity contribution in [3.05, 3.63) is 95.1 Å². The summed E-state index contributed by atoms with van der Waals surface area (Å²) in [5.41, 5.74) is -5.92. The van der Waals surface area contributed by atoms with Gasteiger partial charge in [-0.3, -0.25) is 14.4 Å². The third-order valence-electron chi connectivity index (χ3n) is 5.73. The highest BCUT2D eigenvalue weighted by Crippen LogP contribution is 2.37. The number of aliphatic hydroxyl groups excluding tert-OH is 1. The first-order valence-corrected chi connectivity index (χ1v) is 12.7. The summed E-state index contributed by atoms with van der Waals surface area (Å²) in [6.07, 6.45) is -2.32. The molecule has 0 aliphatic heterocycles. The zero-order valence-electron chi connectivity index (χ0n) is 21.2. The highest BCUT2D eigenvalue weighted by atomic mass is 32.2. The summed E-state index contributed by atoms with van der Waals surface area (Å²) in [5.74, 6) is -5.03. The molecule has 9 nitrogen and oxygen atoms in total. The Labute approximate surface area is 238 Å².